The number of pyridine rings is 1. The Morgan fingerprint density at radius 2 is 2.21 bits per heavy atom. The summed E-state index contributed by atoms with van der Waals surface area (Å²) in [5, 5.41) is 12.3. The van der Waals surface area contributed by atoms with Crippen LogP contribution in [0.1, 0.15) is 23.0 Å². The molecule has 1 amide bonds. The van der Waals surface area contributed by atoms with Crippen LogP contribution in [0.2, 0.25) is 0 Å². The van der Waals surface area contributed by atoms with E-state index in [1.54, 1.807) is 13.0 Å². The highest BCUT2D eigenvalue weighted by molar-refractivity contribution is 6.06. The molecule has 0 aliphatic carbocycles. The number of hydrogen-bond donors (Lipinski definition) is 1. The third-order valence-electron chi connectivity index (χ3n) is 2.88. The van der Waals surface area contributed by atoms with Gasteiger partial charge >= 0.3 is 0 Å². The van der Waals surface area contributed by atoms with Crippen LogP contribution in [-0.4, -0.2) is 17.4 Å². The molecular weight excluding hydrogens is 238 g/mol. The monoisotopic (exact) mass is 253 g/mol. The highest BCUT2D eigenvalue weighted by atomic mass is 16.1. The smallest absolute Gasteiger partial charge is 0.252 e. The summed E-state index contributed by atoms with van der Waals surface area (Å²) in [5.74, 6) is -0.359. The maximum atomic E-state index is 12.2. The molecule has 1 atom stereocenters. The van der Waals surface area contributed by atoms with Crippen molar-refractivity contribution in [3.05, 3.63) is 41.6 Å². The number of nitrogens with one attached hydrogen (secondary N) is 1. The van der Waals surface area contributed by atoms with Gasteiger partial charge in [0.2, 0.25) is 0 Å². The number of nitrogens with zero attached hydrogens (tertiary/aromatic N) is 2. The van der Waals surface area contributed by atoms with E-state index >= 15 is 0 Å². The molecule has 0 aliphatic rings. The van der Waals surface area contributed by atoms with E-state index < -0.39 is 0 Å². The molecular formula is C15H15N3O. The van der Waals surface area contributed by atoms with Gasteiger partial charge in [0.05, 0.1) is 23.1 Å². The molecule has 1 heterocycles. The molecule has 0 bridgehead atoms. The highest BCUT2D eigenvalue weighted by Crippen LogP contribution is 2.18. The number of hydrogen-bond acceptors (Lipinski definition) is 3. The number of nitriles is 1. The van der Waals surface area contributed by atoms with Gasteiger partial charge in [-0.05, 0) is 26.0 Å². The second-order valence-corrected chi connectivity index (χ2v) is 4.57. The van der Waals surface area contributed by atoms with Crippen molar-refractivity contribution in [1.82, 2.24) is 10.3 Å². The number of para-hydroxylation sites is 1. The first-order valence-corrected chi connectivity index (χ1v) is 6.16. The quantitative estimate of drug-likeness (QED) is 0.913. The van der Waals surface area contributed by atoms with Crippen molar-refractivity contribution in [1.29, 1.82) is 5.26 Å². The summed E-state index contributed by atoms with van der Waals surface area (Å²) >= 11 is 0. The van der Waals surface area contributed by atoms with Crippen LogP contribution in [0.15, 0.2) is 30.3 Å². The van der Waals surface area contributed by atoms with Crippen molar-refractivity contribution in [3.8, 4) is 6.07 Å². The molecule has 0 fully saturated rings. The van der Waals surface area contributed by atoms with Crippen LogP contribution < -0.4 is 5.32 Å². The summed E-state index contributed by atoms with van der Waals surface area (Å²) < 4.78 is 0. The molecule has 0 saturated heterocycles. The van der Waals surface area contributed by atoms with E-state index in [4.69, 9.17) is 5.26 Å². The summed E-state index contributed by atoms with van der Waals surface area (Å²) in [5.41, 5.74) is 2.21. The van der Waals surface area contributed by atoms with Crippen molar-refractivity contribution in [2.24, 2.45) is 5.92 Å². The lowest BCUT2D eigenvalue weighted by molar-refractivity contribution is 0.0952. The highest BCUT2D eigenvalue weighted by Gasteiger charge is 2.12. The van der Waals surface area contributed by atoms with Crippen LogP contribution >= 0.6 is 0 Å². The van der Waals surface area contributed by atoms with Gasteiger partial charge in [-0.15, -0.1) is 0 Å². The van der Waals surface area contributed by atoms with Crippen molar-refractivity contribution in [2.75, 3.05) is 6.54 Å². The Hall–Kier alpha value is -2.41. The molecule has 1 N–H and O–H groups in total. The fourth-order valence-electron chi connectivity index (χ4n) is 1.88. The minimum Gasteiger partial charge on any atom is -0.351 e. The van der Waals surface area contributed by atoms with Gasteiger partial charge < -0.3 is 5.32 Å². The van der Waals surface area contributed by atoms with E-state index in [9.17, 15) is 4.79 Å². The number of benzene rings is 1. The molecule has 0 saturated carbocycles. The second-order valence-electron chi connectivity index (χ2n) is 4.57. The van der Waals surface area contributed by atoms with E-state index in [1.807, 2.05) is 31.2 Å². The number of carbonyl (C=O) groups excluding carboxylic acids is 1. The topological polar surface area (TPSA) is 65.8 Å². The number of aromatic nitrogens is 1. The summed E-state index contributed by atoms with van der Waals surface area (Å²) in [7, 11) is 0. The summed E-state index contributed by atoms with van der Waals surface area (Å²) in [6.45, 7) is 3.99. The Labute approximate surface area is 112 Å². The van der Waals surface area contributed by atoms with Crippen molar-refractivity contribution < 1.29 is 4.79 Å². The third-order valence-corrected chi connectivity index (χ3v) is 2.88. The molecule has 2 aromatic rings. The fraction of sp³-hybridized carbons (Fsp3) is 0.267. The molecule has 19 heavy (non-hydrogen) atoms. The fourth-order valence-corrected chi connectivity index (χ4v) is 1.88. The summed E-state index contributed by atoms with van der Waals surface area (Å²) in [6, 6.07) is 11.4. The zero-order valence-corrected chi connectivity index (χ0v) is 11.0. The Morgan fingerprint density at radius 1 is 1.47 bits per heavy atom. The third kappa shape index (κ3) is 2.89. The van der Waals surface area contributed by atoms with Crippen LogP contribution in [0.5, 0.6) is 0 Å². The van der Waals surface area contributed by atoms with Gasteiger partial charge in [0.1, 0.15) is 0 Å². The zero-order chi connectivity index (χ0) is 13.8. The normalized spacial score (nSPS) is 11.8. The largest absolute Gasteiger partial charge is 0.351 e. The first-order chi connectivity index (χ1) is 9.11. The van der Waals surface area contributed by atoms with Gasteiger partial charge in [-0.3, -0.25) is 9.78 Å². The molecule has 0 radical (unpaired) electrons. The van der Waals surface area contributed by atoms with Crippen molar-refractivity contribution in [2.45, 2.75) is 13.8 Å². The molecule has 4 heteroatoms. The first kappa shape index (κ1) is 13.0. The molecule has 1 aromatic heterocycles. The second kappa shape index (κ2) is 5.49. The number of rotatable bonds is 3. The van der Waals surface area contributed by atoms with Crippen LogP contribution in [0.4, 0.5) is 0 Å². The number of aryl methyl sites for hydroxylation is 1. The van der Waals surface area contributed by atoms with Crippen LogP contribution in [-0.2, 0) is 0 Å². The van der Waals surface area contributed by atoms with Gasteiger partial charge in [-0.25, -0.2) is 0 Å². The Kier molecular flexibility index (Phi) is 3.76. The van der Waals surface area contributed by atoms with Crippen LogP contribution in [0, 0.1) is 24.2 Å². The molecule has 0 aliphatic heterocycles. The maximum absolute atomic E-state index is 12.2. The molecule has 96 valence electrons. The van der Waals surface area contributed by atoms with Gasteiger partial charge in [-0.2, -0.15) is 5.26 Å². The molecule has 1 aromatic carbocycles. The van der Waals surface area contributed by atoms with E-state index in [0.717, 1.165) is 16.6 Å². The number of amides is 1. The Balaban J connectivity index is 2.34. The zero-order valence-electron chi connectivity index (χ0n) is 11.0. The summed E-state index contributed by atoms with van der Waals surface area (Å²) in [6.07, 6.45) is 0. The standard InChI is InChI=1S/C15H15N3O/c1-10(8-16)9-17-15(19)13-7-11(2)18-14-6-4-3-5-12(13)14/h3-7,10H,9H2,1-2H3,(H,17,19). The van der Waals surface area contributed by atoms with Gasteiger partial charge in [0, 0.05) is 17.6 Å². The van der Waals surface area contributed by atoms with Crippen LogP contribution in [0.3, 0.4) is 0 Å². The summed E-state index contributed by atoms with van der Waals surface area (Å²) in [4.78, 5) is 16.6. The minimum atomic E-state index is -0.196. The molecule has 1 unspecified atom stereocenters. The lowest BCUT2D eigenvalue weighted by Gasteiger charge is -2.09. The molecule has 0 spiro atoms. The van der Waals surface area contributed by atoms with Gasteiger partial charge in [0.25, 0.3) is 5.91 Å². The Morgan fingerprint density at radius 3 is 2.95 bits per heavy atom. The first-order valence-electron chi connectivity index (χ1n) is 6.16. The maximum Gasteiger partial charge on any atom is 0.252 e. The van der Waals surface area contributed by atoms with Gasteiger partial charge in [0.15, 0.2) is 0 Å². The number of fused-ring (bicyclic) bond motifs is 1. The lowest BCUT2D eigenvalue weighted by atomic mass is 10.1. The minimum absolute atomic E-state index is 0.163. The van der Waals surface area contributed by atoms with Crippen molar-refractivity contribution in [3.63, 3.8) is 0 Å². The van der Waals surface area contributed by atoms with E-state index in [2.05, 4.69) is 16.4 Å². The van der Waals surface area contributed by atoms with E-state index in [1.165, 1.54) is 0 Å². The average Bonchev–Trinajstić information content (AvgIpc) is 2.43. The van der Waals surface area contributed by atoms with E-state index in [0.29, 0.717) is 12.1 Å². The predicted octanol–water partition coefficient (Wildman–Crippen LogP) is 2.43. The lowest BCUT2D eigenvalue weighted by Crippen LogP contribution is -2.28. The molecule has 2 rings (SSSR count). The van der Waals surface area contributed by atoms with E-state index in [-0.39, 0.29) is 11.8 Å². The average molecular weight is 253 g/mol. The number of carbonyl (C=O) groups is 1. The Bertz CT molecular complexity index is 658. The predicted molar refractivity (Wildman–Crippen MR) is 73.6 cm³/mol. The van der Waals surface area contributed by atoms with Crippen LogP contribution in [0.25, 0.3) is 10.9 Å². The van der Waals surface area contributed by atoms with Gasteiger partial charge in [-0.1, -0.05) is 18.2 Å². The van der Waals surface area contributed by atoms with Crippen molar-refractivity contribution >= 4 is 16.8 Å². The SMILES string of the molecule is Cc1cc(C(=O)NCC(C)C#N)c2ccccc2n1. The molecule has 4 nitrogen and oxygen atoms in total.